The first-order chi connectivity index (χ1) is 11.9. The molecule has 1 fully saturated rings. The van der Waals surface area contributed by atoms with Crippen LogP contribution in [0, 0.1) is 5.41 Å². The van der Waals surface area contributed by atoms with Gasteiger partial charge in [0.15, 0.2) is 5.56 Å². The quantitative estimate of drug-likeness (QED) is 0.851. The van der Waals surface area contributed by atoms with E-state index in [2.05, 4.69) is 29.2 Å². The first-order valence-electron chi connectivity index (χ1n) is 8.73. The van der Waals surface area contributed by atoms with E-state index in [0.29, 0.717) is 12.2 Å². The Morgan fingerprint density at radius 2 is 1.96 bits per heavy atom. The molecule has 2 heterocycles. The molecule has 1 aliphatic carbocycles. The van der Waals surface area contributed by atoms with Crippen molar-refractivity contribution in [1.29, 1.82) is 0 Å². The highest BCUT2D eigenvalue weighted by Crippen LogP contribution is 2.44. The van der Waals surface area contributed by atoms with Gasteiger partial charge in [0.25, 0.3) is 11.5 Å². The number of nitrogens with one attached hydrogen (secondary N) is 1. The van der Waals surface area contributed by atoms with Crippen LogP contribution in [0.15, 0.2) is 15.9 Å². The Labute approximate surface area is 154 Å². The summed E-state index contributed by atoms with van der Waals surface area (Å²) in [4.78, 5) is 25.7. The van der Waals surface area contributed by atoms with Crippen LogP contribution in [0.3, 0.4) is 0 Å². The van der Waals surface area contributed by atoms with Gasteiger partial charge >= 0.3 is 0 Å². The average Bonchev–Trinajstić information content (AvgIpc) is 3.15. The summed E-state index contributed by atoms with van der Waals surface area (Å²) in [5, 5.41) is 18.8. The molecule has 0 radical (unpaired) electrons. The standard InChI is InChI=1S/C18H28N4O3S/c1-18(2,3)10-21-13-9-12(26(4,5)6)20-22(13)17(25)14(16(21)24)15(23)19-11-7-8-11/h9,11,25H,7-8,10H2,1-6H3,(H,19,23). The van der Waals surface area contributed by atoms with E-state index in [4.69, 9.17) is 0 Å². The van der Waals surface area contributed by atoms with Gasteiger partial charge in [-0.05, 0) is 37.0 Å². The van der Waals surface area contributed by atoms with Gasteiger partial charge in [-0.3, -0.25) is 14.2 Å². The molecule has 0 atom stereocenters. The third-order valence-corrected chi connectivity index (χ3v) is 5.68. The molecule has 0 spiro atoms. The van der Waals surface area contributed by atoms with Crippen molar-refractivity contribution in [3.8, 4) is 5.88 Å². The van der Waals surface area contributed by atoms with Crippen LogP contribution in [0.5, 0.6) is 5.88 Å². The van der Waals surface area contributed by atoms with E-state index in [1.165, 1.54) is 4.52 Å². The lowest BCUT2D eigenvalue weighted by molar-refractivity contribution is 0.0944. The Balaban J connectivity index is 2.27. The van der Waals surface area contributed by atoms with Crippen molar-refractivity contribution in [2.24, 2.45) is 5.41 Å². The van der Waals surface area contributed by atoms with Gasteiger partial charge in [-0.2, -0.15) is 9.61 Å². The van der Waals surface area contributed by atoms with Crippen LogP contribution in [0.2, 0.25) is 0 Å². The van der Waals surface area contributed by atoms with E-state index < -0.39 is 21.5 Å². The number of nitrogens with zero attached hydrogens (tertiary/aromatic N) is 3. The zero-order valence-corrected chi connectivity index (χ0v) is 17.1. The summed E-state index contributed by atoms with van der Waals surface area (Å²) < 4.78 is 2.89. The van der Waals surface area contributed by atoms with Crippen molar-refractivity contribution in [2.45, 2.75) is 51.2 Å². The highest BCUT2D eigenvalue weighted by molar-refractivity contribution is 8.32. The van der Waals surface area contributed by atoms with Gasteiger partial charge in [-0.25, -0.2) is 10.0 Å². The minimum absolute atomic E-state index is 0.0975. The van der Waals surface area contributed by atoms with E-state index in [0.717, 1.165) is 17.9 Å². The van der Waals surface area contributed by atoms with Gasteiger partial charge < -0.3 is 10.4 Å². The molecular weight excluding hydrogens is 352 g/mol. The molecule has 1 aliphatic rings. The monoisotopic (exact) mass is 380 g/mol. The normalized spacial score (nSPS) is 16.1. The van der Waals surface area contributed by atoms with Crippen LogP contribution in [0.4, 0.5) is 0 Å². The molecule has 7 nitrogen and oxygen atoms in total. The SMILES string of the molecule is CC(C)(C)Cn1c(=O)c(C(=O)NC2CC2)c(O)n2nc(S(C)(C)C)cc12. The number of rotatable bonds is 4. The van der Waals surface area contributed by atoms with Crippen LogP contribution in [-0.4, -0.2) is 50.0 Å². The highest BCUT2D eigenvalue weighted by Gasteiger charge is 2.30. The molecule has 0 aromatic carbocycles. The predicted octanol–water partition coefficient (Wildman–Crippen LogP) is 2.19. The van der Waals surface area contributed by atoms with Crippen molar-refractivity contribution in [2.75, 3.05) is 18.8 Å². The molecule has 8 heteroatoms. The molecule has 0 saturated heterocycles. The topological polar surface area (TPSA) is 88.6 Å². The fraction of sp³-hybridized carbons (Fsp3) is 0.611. The van der Waals surface area contributed by atoms with E-state index in [9.17, 15) is 14.7 Å². The maximum atomic E-state index is 13.1. The van der Waals surface area contributed by atoms with Crippen LogP contribution in [0.1, 0.15) is 44.0 Å². The van der Waals surface area contributed by atoms with E-state index in [1.807, 2.05) is 26.8 Å². The largest absolute Gasteiger partial charge is 0.492 e. The lowest BCUT2D eigenvalue weighted by Gasteiger charge is -2.21. The molecule has 26 heavy (non-hydrogen) atoms. The van der Waals surface area contributed by atoms with Crippen molar-refractivity contribution in [3.05, 3.63) is 22.0 Å². The Morgan fingerprint density at radius 1 is 1.35 bits per heavy atom. The van der Waals surface area contributed by atoms with Crippen LogP contribution >= 0.6 is 10.0 Å². The number of fused-ring (bicyclic) bond motifs is 1. The Hall–Kier alpha value is -1.96. The van der Waals surface area contributed by atoms with Gasteiger partial charge in [0.1, 0.15) is 10.7 Å². The molecule has 2 N–H and O–H groups in total. The smallest absolute Gasteiger partial charge is 0.270 e. The third-order valence-electron chi connectivity index (χ3n) is 4.23. The van der Waals surface area contributed by atoms with Gasteiger partial charge in [0, 0.05) is 18.7 Å². The Morgan fingerprint density at radius 3 is 2.46 bits per heavy atom. The van der Waals surface area contributed by atoms with E-state index >= 15 is 0 Å². The van der Waals surface area contributed by atoms with E-state index in [1.54, 1.807) is 4.57 Å². The predicted molar refractivity (Wildman–Crippen MR) is 105 cm³/mol. The molecular formula is C18H28N4O3S. The lowest BCUT2D eigenvalue weighted by atomic mass is 9.97. The molecule has 3 rings (SSSR count). The number of carbonyl (C=O) groups excluding carboxylic acids is 1. The van der Waals surface area contributed by atoms with Gasteiger partial charge in [-0.15, -0.1) is 0 Å². The third kappa shape index (κ3) is 3.60. The summed E-state index contributed by atoms with van der Waals surface area (Å²) in [5.41, 5.74) is -0.363. The van der Waals surface area contributed by atoms with Gasteiger partial charge in [0.2, 0.25) is 5.88 Å². The van der Waals surface area contributed by atoms with Gasteiger partial charge in [0.05, 0.1) is 0 Å². The minimum atomic E-state index is -1.16. The summed E-state index contributed by atoms with van der Waals surface area (Å²) in [6, 6.07) is 1.95. The number of aromatic nitrogens is 3. The second-order valence-electron chi connectivity index (χ2n) is 8.99. The minimum Gasteiger partial charge on any atom is -0.492 e. The Kier molecular flexibility index (Phi) is 4.37. The first-order valence-corrected chi connectivity index (χ1v) is 11.6. The van der Waals surface area contributed by atoms with Crippen molar-refractivity contribution in [1.82, 2.24) is 19.5 Å². The second kappa shape index (κ2) is 6.04. The number of amides is 1. The number of hydrogen-bond acceptors (Lipinski definition) is 4. The number of carbonyl (C=O) groups is 1. The molecule has 144 valence electrons. The zero-order valence-electron chi connectivity index (χ0n) is 16.3. The summed E-state index contributed by atoms with van der Waals surface area (Å²) in [6.45, 7) is 6.50. The van der Waals surface area contributed by atoms with Crippen molar-refractivity contribution >= 4 is 21.6 Å². The maximum Gasteiger partial charge on any atom is 0.270 e. The number of hydrogen-bond donors (Lipinski definition) is 2. The van der Waals surface area contributed by atoms with Crippen molar-refractivity contribution < 1.29 is 9.90 Å². The molecule has 2 aromatic heterocycles. The molecule has 1 amide bonds. The first kappa shape index (κ1) is 18.8. The molecule has 1 saturated carbocycles. The molecule has 0 unspecified atom stereocenters. The maximum absolute atomic E-state index is 13.1. The second-order valence-corrected chi connectivity index (χ2v) is 13.1. The summed E-state index contributed by atoms with van der Waals surface area (Å²) in [5.74, 6) is -0.914. The van der Waals surface area contributed by atoms with Crippen LogP contribution in [-0.2, 0) is 6.54 Å². The number of aromatic hydroxyl groups is 1. The van der Waals surface area contributed by atoms with E-state index in [-0.39, 0.29) is 22.9 Å². The fourth-order valence-electron chi connectivity index (χ4n) is 2.75. The summed E-state index contributed by atoms with van der Waals surface area (Å²) >= 11 is 0. The summed E-state index contributed by atoms with van der Waals surface area (Å²) in [7, 11) is -1.16. The highest BCUT2D eigenvalue weighted by atomic mass is 32.3. The fourth-order valence-corrected chi connectivity index (χ4v) is 3.53. The van der Waals surface area contributed by atoms with Crippen LogP contribution in [0.25, 0.3) is 5.65 Å². The zero-order chi connectivity index (χ0) is 19.4. The lowest BCUT2D eigenvalue weighted by Crippen LogP contribution is -2.37. The average molecular weight is 381 g/mol. The van der Waals surface area contributed by atoms with Crippen molar-refractivity contribution in [3.63, 3.8) is 0 Å². The molecule has 0 aliphatic heterocycles. The van der Waals surface area contributed by atoms with Crippen LogP contribution < -0.4 is 10.9 Å². The molecule has 0 bridgehead atoms. The molecule has 2 aromatic rings. The van der Waals surface area contributed by atoms with Gasteiger partial charge in [-0.1, -0.05) is 20.8 Å². The summed E-state index contributed by atoms with van der Waals surface area (Å²) in [6.07, 6.45) is 8.10. The Bertz CT molecular complexity index is 927.